The van der Waals surface area contributed by atoms with Gasteiger partial charge in [-0.25, -0.2) is 0 Å². The van der Waals surface area contributed by atoms with Gasteiger partial charge in [0.2, 0.25) is 6.04 Å². The molecule has 0 radical (unpaired) electrons. The van der Waals surface area contributed by atoms with Crippen molar-refractivity contribution in [1.82, 2.24) is 0 Å². The number of hydrogen-bond acceptors (Lipinski definition) is 3. The van der Waals surface area contributed by atoms with Crippen molar-refractivity contribution in [2.45, 2.75) is 24.5 Å². The van der Waals surface area contributed by atoms with Crippen molar-refractivity contribution in [2.75, 3.05) is 0 Å². The average Bonchev–Trinajstić information content (AvgIpc) is 2.16. The molecule has 84 valence electrons. The molecule has 0 saturated heterocycles. The third-order valence-corrected chi connectivity index (χ3v) is 4.76. The SMILES string of the molecule is O=[N+]([O-])C1C2C=CC(CC2)C1P(=O)(O)O. The van der Waals surface area contributed by atoms with Crippen LogP contribution in [0.2, 0.25) is 0 Å². The second-order valence-electron chi connectivity index (χ2n) is 4.15. The normalized spacial score (nSPS) is 39.3. The molecule has 0 spiro atoms. The van der Waals surface area contributed by atoms with Crippen molar-refractivity contribution in [2.24, 2.45) is 11.8 Å². The molecular formula is C8H12NO5P. The van der Waals surface area contributed by atoms with Gasteiger partial charge >= 0.3 is 7.60 Å². The lowest BCUT2D eigenvalue weighted by Crippen LogP contribution is -2.49. The molecular weight excluding hydrogens is 221 g/mol. The zero-order valence-corrected chi connectivity index (χ0v) is 8.79. The smallest absolute Gasteiger partial charge is 0.324 e. The van der Waals surface area contributed by atoms with Crippen LogP contribution in [0.3, 0.4) is 0 Å². The van der Waals surface area contributed by atoms with E-state index in [1.54, 1.807) is 12.2 Å². The second-order valence-corrected chi connectivity index (χ2v) is 5.92. The zero-order chi connectivity index (χ0) is 11.2. The Balaban J connectivity index is 2.39. The summed E-state index contributed by atoms with van der Waals surface area (Å²) >= 11 is 0. The highest BCUT2D eigenvalue weighted by atomic mass is 31.2. The lowest BCUT2D eigenvalue weighted by molar-refractivity contribution is -0.534. The van der Waals surface area contributed by atoms with Gasteiger partial charge in [-0.2, -0.15) is 0 Å². The number of hydrogen-bond donors (Lipinski definition) is 2. The molecule has 0 aromatic carbocycles. The van der Waals surface area contributed by atoms with Gasteiger partial charge in [0.05, 0.1) is 0 Å². The van der Waals surface area contributed by atoms with E-state index in [4.69, 9.17) is 9.79 Å². The highest BCUT2D eigenvalue weighted by Crippen LogP contribution is 2.55. The summed E-state index contributed by atoms with van der Waals surface area (Å²) in [4.78, 5) is 28.6. The fourth-order valence-corrected chi connectivity index (χ4v) is 4.14. The van der Waals surface area contributed by atoms with E-state index in [0.717, 1.165) is 0 Å². The van der Waals surface area contributed by atoms with E-state index in [9.17, 15) is 14.7 Å². The summed E-state index contributed by atoms with van der Waals surface area (Å²) in [5.41, 5.74) is -1.13. The van der Waals surface area contributed by atoms with Gasteiger partial charge in [-0.1, -0.05) is 12.2 Å². The average molecular weight is 233 g/mol. The van der Waals surface area contributed by atoms with Crippen LogP contribution in [0.25, 0.3) is 0 Å². The van der Waals surface area contributed by atoms with Crippen molar-refractivity contribution in [1.29, 1.82) is 0 Å². The minimum atomic E-state index is -4.39. The molecule has 3 aliphatic rings. The Kier molecular flexibility index (Phi) is 2.45. The third-order valence-electron chi connectivity index (χ3n) is 3.30. The summed E-state index contributed by atoms with van der Waals surface area (Å²) in [6, 6.07) is -1.12. The van der Waals surface area contributed by atoms with E-state index in [2.05, 4.69) is 0 Å². The van der Waals surface area contributed by atoms with Gasteiger partial charge in [0, 0.05) is 10.8 Å². The molecule has 0 aliphatic heterocycles. The summed E-state index contributed by atoms with van der Waals surface area (Å²) in [5, 5.41) is 10.8. The summed E-state index contributed by atoms with van der Waals surface area (Å²) in [6.45, 7) is 0. The lowest BCUT2D eigenvalue weighted by atomic mass is 9.72. The number of nitrogens with zero attached hydrogens (tertiary/aromatic N) is 1. The zero-order valence-electron chi connectivity index (χ0n) is 7.89. The largest absolute Gasteiger partial charge is 0.336 e. The molecule has 2 N–H and O–H groups in total. The van der Waals surface area contributed by atoms with Crippen molar-refractivity contribution < 1.29 is 19.3 Å². The molecule has 0 aromatic rings. The van der Waals surface area contributed by atoms with Gasteiger partial charge in [0.15, 0.2) is 0 Å². The molecule has 6 nitrogen and oxygen atoms in total. The number of nitro groups is 1. The maximum atomic E-state index is 11.2. The van der Waals surface area contributed by atoms with Crippen LogP contribution < -0.4 is 0 Å². The lowest BCUT2D eigenvalue weighted by Gasteiger charge is -2.39. The Morgan fingerprint density at radius 2 is 1.80 bits per heavy atom. The van der Waals surface area contributed by atoms with Gasteiger partial charge in [-0.3, -0.25) is 14.7 Å². The highest BCUT2D eigenvalue weighted by molar-refractivity contribution is 7.52. The summed E-state index contributed by atoms with van der Waals surface area (Å²) < 4.78 is 11.2. The molecule has 15 heavy (non-hydrogen) atoms. The molecule has 0 aromatic heterocycles. The molecule has 0 amide bonds. The van der Waals surface area contributed by atoms with Crippen molar-refractivity contribution in [3.8, 4) is 0 Å². The first-order chi connectivity index (χ1) is 6.91. The van der Waals surface area contributed by atoms with E-state index in [0.29, 0.717) is 12.8 Å². The molecule has 2 bridgehead atoms. The van der Waals surface area contributed by atoms with E-state index in [1.807, 2.05) is 0 Å². The van der Waals surface area contributed by atoms with Crippen LogP contribution in [0.5, 0.6) is 0 Å². The molecule has 1 saturated carbocycles. The maximum absolute atomic E-state index is 11.2. The standard InChI is InChI=1S/C8H12NO5P/c10-9(11)7-5-1-3-6(4-2-5)8(7)15(12,13)14/h1,3,5-8H,2,4H2,(H2,12,13,14). The minimum Gasteiger partial charge on any atom is -0.324 e. The molecule has 0 heterocycles. The third kappa shape index (κ3) is 1.73. The predicted molar refractivity (Wildman–Crippen MR) is 52.0 cm³/mol. The first kappa shape index (κ1) is 10.8. The predicted octanol–water partition coefficient (Wildman–Crippen LogP) is 0.774. The van der Waals surface area contributed by atoms with Crippen LogP contribution in [-0.4, -0.2) is 26.4 Å². The molecule has 4 unspecified atom stereocenters. The Morgan fingerprint density at radius 3 is 2.13 bits per heavy atom. The first-order valence-corrected chi connectivity index (χ1v) is 6.46. The number of rotatable bonds is 2. The molecule has 7 heteroatoms. The van der Waals surface area contributed by atoms with Gasteiger partial charge < -0.3 is 9.79 Å². The topological polar surface area (TPSA) is 101 Å². The van der Waals surface area contributed by atoms with Gasteiger partial charge in [0.1, 0.15) is 5.66 Å². The van der Waals surface area contributed by atoms with Crippen LogP contribution in [0.1, 0.15) is 12.8 Å². The molecule has 3 aliphatic carbocycles. The monoisotopic (exact) mass is 233 g/mol. The van der Waals surface area contributed by atoms with Crippen LogP contribution >= 0.6 is 7.60 Å². The van der Waals surface area contributed by atoms with Crippen LogP contribution in [0, 0.1) is 22.0 Å². The van der Waals surface area contributed by atoms with Gasteiger partial charge in [-0.05, 0) is 18.8 Å². The summed E-state index contributed by atoms with van der Waals surface area (Å²) in [6.07, 6.45) is 4.75. The molecule has 4 atom stereocenters. The highest BCUT2D eigenvalue weighted by Gasteiger charge is 2.55. The Labute approximate surface area is 86.3 Å². The Morgan fingerprint density at radius 1 is 1.27 bits per heavy atom. The van der Waals surface area contributed by atoms with E-state index >= 15 is 0 Å². The fourth-order valence-electron chi connectivity index (χ4n) is 2.67. The second kappa shape index (κ2) is 3.40. The van der Waals surface area contributed by atoms with E-state index in [-0.39, 0.29) is 11.8 Å². The Hall–Kier alpha value is -0.710. The Bertz CT molecular complexity index is 362. The number of fused-ring (bicyclic) bond motifs is 2. The van der Waals surface area contributed by atoms with Crippen molar-refractivity contribution in [3.63, 3.8) is 0 Å². The van der Waals surface area contributed by atoms with E-state index in [1.165, 1.54) is 0 Å². The van der Waals surface area contributed by atoms with Gasteiger partial charge in [-0.15, -0.1) is 0 Å². The first-order valence-electron chi connectivity index (χ1n) is 4.78. The van der Waals surface area contributed by atoms with Crippen LogP contribution in [0.15, 0.2) is 12.2 Å². The van der Waals surface area contributed by atoms with Gasteiger partial charge in [0.25, 0.3) is 0 Å². The number of allylic oxidation sites excluding steroid dienone is 1. The van der Waals surface area contributed by atoms with Crippen LogP contribution in [-0.2, 0) is 4.57 Å². The fraction of sp³-hybridized carbons (Fsp3) is 0.750. The van der Waals surface area contributed by atoms with Crippen LogP contribution in [0.4, 0.5) is 0 Å². The van der Waals surface area contributed by atoms with Crippen molar-refractivity contribution in [3.05, 3.63) is 22.3 Å². The summed E-state index contributed by atoms with van der Waals surface area (Å²) in [7, 11) is -4.39. The van der Waals surface area contributed by atoms with E-state index < -0.39 is 24.2 Å². The molecule has 3 rings (SSSR count). The molecule has 1 fully saturated rings. The quantitative estimate of drug-likeness (QED) is 0.317. The minimum absolute atomic E-state index is 0.317. The maximum Gasteiger partial charge on any atom is 0.336 e. The van der Waals surface area contributed by atoms with Crippen molar-refractivity contribution >= 4 is 7.60 Å². The summed E-state index contributed by atoms with van der Waals surface area (Å²) in [5.74, 6) is -0.658.